The lowest BCUT2D eigenvalue weighted by molar-refractivity contribution is 0.0350. The zero-order valence-electron chi connectivity index (χ0n) is 12.1. The van der Waals surface area contributed by atoms with Gasteiger partial charge in [-0.2, -0.15) is 5.10 Å². The molecule has 0 amide bonds. The van der Waals surface area contributed by atoms with Crippen molar-refractivity contribution in [3.05, 3.63) is 16.8 Å². The molecule has 7 nitrogen and oxygen atoms in total. The standard InChI is InChI=1S/C13H21N5O2/c1-8-9(2)15-16-12(10(8)11(14)17-20)18-6-4-13(3,19)5-7-18/h19-20H,4-7H2,1-3H3,(H2,14,17). The van der Waals surface area contributed by atoms with Crippen molar-refractivity contribution in [2.24, 2.45) is 10.9 Å². The number of rotatable bonds is 2. The summed E-state index contributed by atoms with van der Waals surface area (Å²) >= 11 is 0. The van der Waals surface area contributed by atoms with Gasteiger partial charge in [-0.05, 0) is 39.2 Å². The van der Waals surface area contributed by atoms with E-state index < -0.39 is 5.60 Å². The average molecular weight is 279 g/mol. The summed E-state index contributed by atoms with van der Waals surface area (Å²) in [4.78, 5) is 2.02. The molecule has 1 aromatic rings. The van der Waals surface area contributed by atoms with Crippen LogP contribution in [0.1, 0.15) is 36.6 Å². The van der Waals surface area contributed by atoms with Gasteiger partial charge in [0.2, 0.25) is 0 Å². The van der Waals surface area contributed by atoms with Gasteiger partial charge in [0.05, 0.1) is 16.9 Å². The molecule has 0 spiro atoms. The molecule has 1 fully saturated rings. The molecule has 7 heteroatoms. The smallest absolute Gasteiger partial charge is 0.174 e. The quantitative estimate of drug-likeness (QED) is 0.315. The van der Waals surface area contributed by atoms with Crippen LogP contribution in [-0.4, -0.2) is 45.0 Å². The number of nitrogens with two attached hydrogens (primary N) is 1. The Kier molecular flexibility index (Phi) is 3.80. The fourth-order valence-electron chi connectivity index (χ4n) is 2.37. The SMILES string of the molecule is Cc1nnc(N2CCC(C)(O)CC2)c(C(N)=NO)c1C. The van der Waals surface area contributed by atoms with E-state index in [0.717, 1.165) is 11.3 Å². The molecule has 0 saturated carbocycles. The summed E-state index contributed by atoms with van der Waals surface area (Å²) in [6.45, 7) is 6.87. The van der Waals surface area contributed by atoms with E-state index in [9.17, 15) is 5.11 Å². The molecule has 1 saturated heterocycles. The third-order valence-corrected chi connectivity index (χ3v) is 3.94. The van der Waals surface area contributed by atoms with Crippen LogP contribution in [0.5, 0.6) is 0 Å². The van der Waals surface area contributed by atoms with Crippen LogP contribution in [0.4, 0.5) is 5.82 Å². The highest BCUT2D eigenvalue weighted by atomic mass is 16.4. The number of nitrogens with zero attached hydrogens (tertiary/aromatic N) is 4. The van der Waals surface area contributed by atoms with Gasteiger partial charge in [-0.15, -0.1) is 5.10 Å². The molecule has 1 aromatic heterocycles. The second-order valence-electron chi connectivity index (χ2n) is 5.58. The van der Waals surface area contributed by atoms with E-state index in [0.29, 0.717) is 37.3 Å². The number of hydrogen-bond donors (Lipinski definition) is 3. The van der Waals surface area contributed by atoms with Crippen molar-refractivity contribution >= 4 is 11.7 Å². The van der Waals surface area contributed by atoms with Gasteiger partial charge in [-0.3, -0.25) is 0 Å². The minimum atomic E-state index is -0.638. The van der Waals surface area contributed by atoms with Crippen molar-refractivity contribution in [1.82, 2.24) is 10.2 Å². The van der Waals surface area contributed by atoms with E-state index in [4.69, 9.17) is 10.9 Å². The van der Waals surface area contributed by atoms with Crippen LogP contribution in [-0.2, 0) is 0 Å². The maximum absolute atomic E-state index is 10.0. The summed E-state index contributed by atoms with van der Waals surface area (Å²) in [6, 6.07) is 0. The molecule has 2 rings (SSSR count). The van der Waals surface area contributed by atoms with Crippen molar-refractivity contribution in [1.29, 1.82) is 0 Å². The van der Waals surface area contributed by atoms with Crippen molar-refractivity contribution in [2.75, 3.05) is 18.0 Å². The molecule has 0 radical (unpaired) electrons. The Morgan fingerprint density at radius 3 is 2.45 bits per heavy atom. The van der Waals surface area contributed by atoms with E-state index in [1.807, 2.05) is 25.7 Å². The number of aryl methyl sites for hydroxylation is 1. The summed E-state index contributed by atoms with van der Waals surface area (Å²) in [5, 5.41) is 30.4. The first kappa shape index (κ1) is 14.5. The van der Waals surface area contributed by atoms with Gasteiger partial charge in [0.15, 0.2) is 11.7 Å². The fraction of sp³-hybridized carbons (Fsp3) is 0.615. The molecule has 0 atom stereocenters. The zero-order valence-corrected chi connectivity index (χ0v) is 12.1. The highest BCUT2D eigenvalue weighted by Crippen LogP contribution is 2.28. The first-order valence-corrected chi connectivity index (χ1v) is 6.65. The van der Waals surface area contributed by atoms with Crippen molar-refractivity contribution < 1.29 is 10.3 Å². The van der Waals surface area contributed by atoms with Gasteiger partial charge in [-0.25, -0.2) is 0 Å². The summed E-state index contributed by atoms with van der Waals surface area (Å²) < 4.78 is 0. The molecule has 1 aliphatic heterocycles. The van der Waals surface area contributed by atoms with Gasteiger partial charge in [-0.1, -0.05) is 5.16 Å². The van der Waals surface area contributed by atoms with E-state index >= 15 is 0 Å². The minimum Gasteiger partial charge on any atom is -0.409 e. The first-order valence-electron chi connectivity index (χ1n) is 6.65. The molecule has 20 heavy (non-hydrogen) atoms. The Morgan fingerprint density at radius 2 is 1.90 bits per heavy atom. The van der Waals surface area contributed by atoms with Crippen molar-refractivity contribution in [3.63, 3.8) is 0 Å². The van der Waals surface area contributed by atoms with E-state index in [1.54, 1.807) is 0 Å². The van der Waals surface area contributed by atoms with Crippen molar-refractivity contribution in [2.45, 2.75) is 39.2 Å². The Morgan fingerprint density at radius 1 is 1.30 bits per heavy atom. The average Bonchev–Trinajstić information content (AvgIpc) is 2.41. The van der Waals surface area contributed by atoms with Crippen LogP contribution in [0.25, 0.3) is 0 Å². The molecule has 110 valence electrons. The molecular formula is C13H21N5O2. The Balaban J connectivity index is 2.40. The lowest BCUT2D eigenvalue weighted by Crippen LogP contribution is -2.43. The maximum Gasteiger partial charge on any atom is 0.174 e. The van der Waals surface area contributed by atoms with Crippen LogP contribution in [0, 0.1) is 13.8 Å². The summed E-state index contributed by atoms with van der Waals surface area (Å²) in [6.07, 6.45) is 1.30. The van der Waals surface area contributed by atoms with Gasteiger partial charge in [0, 0.05) is 13.1 Å². The van der Waals surface area contributed by atoms with E-state index in [-0.39, 0.29) is 5.84 Å². The van der Waals surface area contributed by atoms with Gasteiger partial charge >= 0.3 is 0 Å². The van der Waals surface area contributed by atoms with Crippen LogP contribution in [0.15, 0.2) is 5.16 Å². The van der Waals surface area contributed by atoms with E-state index in [1.165, 1.54) is 0 Å². The predicted molar refractivity (Wildman–Crippen MR) is 76.1 cm³/mol. The third-order valence-electron chi connectivity index (χ3n) is 3.94. The summed E-state index contributed by atoms with van der Waals surface area (Å²) in [5.74, 6) is 0.645. The second-order valence-corrected chi connectivity index (χ2v) is 5.58. The highest BCUT2D eigenvalue weighted by molar-refractivity contribution is 6.02. The van der Waals surface area contributed by atoms with Crippen molar-refractivity contribution in [3.8, 4) is 0 Å². The normalized spacial score (nSPS) is 19.2. The number of piperidine rings is 1. The lowest BCUT2D eigenvalue weighted by atomic mass is 9.93. The highest BCUT2D eigenvalue weighted by Gasteiger charge is 2.30. The van der Waals surface area contributed by atoms with Gasteiger partial charge < -0.3 is 20.9 Å². The molecule has 0 bridgehead atoms. The number of anilines is 1. The molecule has 1 aliphatic rings. The fourth-order valence-corrected chi connectivity index (χ4v) is 2.37. The second kappa shape index (κ2) is 5.24. The third kappa shape index (κ3) is 2.67. The number of hydrogen-bond acceptors (Lipinski definition) is 6. The molecule has 0 aliphatic carbocycles. The number of oxime groups is 1. The number of amidine groups is 1. The Bertz CT molecular complexity index is 532. The topological polar surface area (TPSA) is 108 Å². The minimum absolute atomic E-state index is 0.0350. The maximum atomic E-state index is 10.0. The van der Waals surface area contributed by atoms with Crippen LogP contribution in [0.3, 0.4) is 0 Å². The molecule has 2 heterocycles. The van der Waals surface area contributed by atoms with Crippen LogP contribution < -0.4 is 10.6 Å². The first-order chi connectivity index (χ1) is 9.35. The van der Waals surface area contributed by atoms with Crippen LogP contribution in [0.2, 0.25) is 0 Å². The molecule has 0 unspecified atom stereocenters. The lowest BCUT2D eigenvalue weighted by Gasteiger charge is -2.37. The Hall–Kier alpha value is -1.89. The molecule has 4 N–H and O–H groups in total. The largest absolute Gasteiger partial charge is 0.409 e. The van der Waals surface area contributed by atoms with E-state index in [2.05, 4.69) is 15.4 Å². The predicted octanol–water partition coefficient (Wildman–Crippen LogP) is 0.539. The number of aliphatic hydroxyl groups is 1. The number of aromatic nitrogens is 2. The summed E-state index contributed by atoms with van der Waals surface area (Å²) in [5.41, 5.74) is 7.35. The summed E-state index contributed by atoms with van der Waals surface area (Å²) in [7, 11) is 0. The monoisotopic (exact) mass is 279 g/mol. The van der Waals surface area contributed by atoms with Crippen LogP contribution >= 0.6 is 0 Å². The zero-order chi connectivity index (χ0) is 14.9. The van der Waals surface area contributed by atoms with Gasteiger partial charge in [0.25, 0.3) is 0 Å². The molecular weight excluding hydrogens is 258 g/mol. The Labute approximate surface area is 118 Å². The van der Waals surface area contributed by atoms with Gasteiger partial charge in [0.1, 0.15) is 0 Å². The molecule has 0 aromatic carbocycles.